The van der Waals surface area contributed by atoms with Crippen LogP contribution in [-0.4, -0.2) is 15.5 Å². The number of carbonyl (C=O) groups excluding carboxylic acids is 1. The van der Waals surface area contributed by atoms with Crippen molar-refractivity contribution in [1.29, 1.82) is 0 Å². The van der Waals surface area contributed by atoms with Crippen molar-refractivity contribution in [3.63, 3.8) is 0 Å². The first-order valence-corrected chi connectivity index (χ1v) is 5.36. The Morgan fingerprint density at radius 2 is 2.31 bits per heavy atom. The van der Waals surface area contributed by atoms with Gasteiger partial charge in [0.1, 0.15) is 5.75 Å². The van der Waals surface area contributed by atoms with Gasteiger partial charge in [-0.25, -0.2) is 4.98 Å². The van der Waals surface area contributed by atoms with E-state index in [-0.39, 0.29) is 5.56 Å². The molecule has 2 aromatic rings. The third-order valence-electron chi connectivity index (χ3n) is 1.77. The number of nitrogens with zero attached hydrogens (tertiary/aromatic N) is 2. The van der Waals surface area contributed by atoms with Crippen LogP contribution in [0.2, 0.25) is 0 Å². The molecule has 0 radical (unpaired) electrons. The van der Waals surface area contributed by atoms with Gasteiger partial charge in [0.15, 0.2) is 5.13 Å². The standard InChI is InChI=1S/C10H8N2O3S/c1-7(13)15-8-2-3-9(14)12(6-8)10-11-4-5-16-10/h2-6H,1H3. The van der Waals surface area contributed by atoms with Crippen molar-refractivity contribution in [3.8, 4) is 10.9 Å². The summed E-state index contributed by atoms with van der Waals surface area (Å²) < 4.78 is 6.22. The molecule has 16 heavy (non-hydrogen) atoms. The normalized spacial score (nSPS) is 10.1. The molecule has 0 amide bonds. The van der Waals surface area contributed by atoms with Gasteiger partial charge >= 0.3 is 5.97 Å². The molecule has 2 rings (SSSR count). The van der Waals surface area contributed by atoms with Gasteiger partial charge in [0.25, 0.3) is 5.56 Å². The average Bonchev–Trinajstić information content (AvgIpc) is 2.73. The van der Waals surface area contributed by atoms with E-state index in [9.17, 15) is 9.59 Å². The molecule has 0 aliphatic heterocycles. The van der Waals surface area contributed by atoms with E-state index in [4.69, 9.17) is 4.74 Å². The lowest BCUT2D eigenvalue weighted by Gasteiger charge is -2.04. The summed E-state index contributed by atoms with van der Waals surface area (Å²) in [5.74, 6) is -0.105. The minimum atomic E-state index is -0.427. The van der Waals surface area contributed by atoms with E-state index in [1.165, 1.54) is 41.2 Å². The maximum Gasteiger partial charge on any atom is 0.308 e. The fraction of sp³-hybridized carbons (Fsp3) is 0.100. The Kier molecular flexibility index (Phi) is 2.82. The first-order valence-electron chi connectivity index (χ1n) is 4.48. The Labute approximate surface area is 94.9 Å². The molecule has 0 atom stereocenters. The second-order valence-corrected chi connectivity index (χ2v) is 3.85. The van der Waals surface area contributed by atoms with Crippen molar-refractivity contribution < 1.29 is 9.53 Å². The van der Waals surface area contributed by atoms with Gasteiger partial charge in [0, 0.05) is 24.6 Å². The molecule has 2 aromatic heterocycles. The van der Waals surface area contributed by atoms with Gasteiger partial charge in [-0.2, -0.15) is 0 Å². The van der Waals surface area contributed by atoms with E-state index in [0.717, 1.165) is 0 Å². The van der Waals surface area contributed by atoms with Gasteiger partial charge in [0.05, 0.1) is 6.20 Å². The number of pyridine rings is 1. The minimum absolute atomic E-state index is 0.217. The lowest BCUT2D eigenvalue weighted by molar-refractivity contribution is -0.131. The molecule has 6 heteroatoms. The lowest BCUT2D eigenvalue weighted by Crippen LogP contribution is -2.17. The smallest absolute Gasteiger partial charge is 0.308 e. The molecule has 0 bridgehead atoms. The summed E-state index contributed by atoms with van der Waals surface area (Å²) in [6.07, 6.45) is 3.05. The minimum Gasteiger partial charge on any atom is -0.425 e. The highest BCUT2D eigenvalue weighted by atomic mass is 32.1. The van der Waals surface area contributed by atoms with Crippen LogP contribution in [0.25, 0.3) is 5.13 Å². The molecule has 0 unspecified atom stereocenters. The largest absolute Gasteiger partial charge is 0.425 e. The molecule has 2 heterocycles. The van der Waals surface area contributed by atoms with Gasteiger partial charge in [-0.3, -0.25) is 14.2 Å². The van der Waals surface area contributed by atoms with Crippen LogP contribution < -0.4 is 10.3 Å². The first-order chi connectivity index (χ1) is 7.66. The number of esters is 1. The van der Waals surface area contributed by atoms with E-state index in [1.54, 1.807) is 11.6 Å². The maximum atomic E-state index is 11.5. The molecule has 0 fully saturated rings. The Bertz CT molecular complexity index is 560. The maximum absolute atomic E-state index is 11.5. The summed E-state index contributed by atoms with van der Waals surface area (Å²) in [5, 5.41) is 2.30. The lowest BCUT2D eigenvalue weighted by atomic mass is 10.4. The number of aromatic nitrogens is 2. The van der Waals surface area contributed by atoms with Crippen molar-refractivity contribution in [2.24, 2.45) is 0 Å². The molecular formula is C10H8N2O3S. The van der Waals surface area contributed by atoms with E-state index >= 15 is 0 Å². The Morgan fingerprint density at radius 3 is 2.94 bits per heavy atom. The fourth-order valence-corrected chi connectivity index (χ4v) is 1.80. The van der Waals surface area contributed by atoms with E-state index in [2.05, 4.69) is 4.98 Å². The van der Waals surface area contributed by atoms with Crippen LogP contribution in [0.15, 0.2) is 34.7 Å². The number of carbonyl (C=O) groups is 1. The summed E-state index contributed by atoms with van der Waals surface area (Å²) >= 11 is 1.33. The van der Waals surface area contributed by atoms with E-state index < -0.39 is 5.97 Å². The first kappa shape index (κ1) is 10.6. The molecule has 0 saturated heterocycles. The van der Waals surface area contributed by atoms with Crippen molar-refractivity contribution in [3.05, 3.63) is 40.3 Å². The zero-order chi connectivity index (χ0) is 11.5. The molecule has 82 valence electrons. The van der Waals surface area contributed by atoms with Crippen molar-refractivity contribution >= 4 is 17.3 Å². The highest BCUT2D eigenvalue weighted by Gasteiger charge is 2.05. The van der Waals surface area contributed by atoms with Crippen molar-refractivity contribution in [1.82, 2.24) is 9.55 Å². The van der Waals surface area contributed by atoms with Gasteiger partial charge in [-0.1, -0.05) is 0 Å². The number of hydrogen-bond acceptors (Lipinski definition) is 5. The van der Waals surface area contributed by atoms with Crippen molar-refractivity contribution in [2.75, 3.05) is 0 Å². The van der Waals surface area contributed by atoms with E-state index in [1.807, 2.05) is 0 Å². The third kappa shape index (κ3) is 2.17. The average molecular weight is 236 g/mol. The van der Waals surface area contributed by atoms with Crippen LogP contribution in [0.5, 0.6) is 5.75 Å². The molecule has 0 spiro atoms. The molecule has 5 nitrogen and oxygen atoms in total. The number of hydrogen-bond donors (Lipinski definition) is 0. The van der Waals surface area contributed by atoms with Gasteiger partial charge < -0.3 is 4.74 Å². The highest BCUT2D eigenvalue weighted by Crippen LogP contribution is 2.13. The molecule has 0 N–H and O–H groups in total. The topological polar surface area (TPSA) is 61.2 Å². The second-order valence-electron chi connectivity index (χ2n) is 2.98. The Morgan fingerprint density at radius 1 is 1.50 bits per heavy atom. The monoisotopic (exact) mass is 236 g/mol. The predicted octanol–water partition coefficient (Wildman–Crippen LogP) is 1.22. The summed E-state index contributed by atoms with van der Waals surface area (Å²) in [7, 11) is 0. The second kappa shape index (κ2) is 4.28. The summed E-state index contributed by atoms with van der Waals surface area (Å²) in [4.78, 5) is 26.3. The number of ether oxygens (including phenoxy) is 1. The zero-order valence-corrected chi connectivity index (χ0v) is 9.23. The van der Waals surface area contributed by atoms with Crippen LogP contribution in [0.3, 0.4) is 0 Å². The summed E-state index contributed by atoms with van der Waals surface area (Å²) in [6.45, 7) is 1.30. The molecule has 0 saturated carbocycles. The summed E-state index contributed by atoms with van der Waals surface area (Å²) in [6, 6.07) is 2.79. The Balaban J connectivity index is 2.45. The number of thiazole rings is 1. The SMILES string of the molecule is CC(=O)Oc1ccc(=O)n(-c2nccs2)c1. The van der Waals surface area contributed by atoms with Gasteiger partial charge in [0.2, 0.25) is 0 Å². The van der Waals surface area contributed by atoms with E-state index in [0.29, 0.717) is 10.9 Å². The highest BCUT2D eigenvalue weighted by molar-refractivity contribution is 7.12. The van der Waals surface area contributed by atoms with Crippen LogP contribution in [0.1, 0.15) is 6.92 Å². The summed E-state index contributed by atoms with van der Waals surface area (Å²) in [5.41, 5.74) is -0.217. The molecule has 0 aliphatic rings. The predicted molar refractivity (Wildman–Crippen MR) is 59.0 cm³/mol. The quantitative estimate of drug-likeness (QED) is 0.735. The molecular weight excluding hydrogens is 228 g/mol. The zero-order valence-electron chi connectivity index (χ0n) is 8.41. The number of rotatable bonds is 2. The van der Waals surface area contributed by atoms with Crippen LogP contribution in [0.4, 0.5) is 0 Å². The van der Waals surface area contributed by atoms with Crippen LogP contribution in [0, 0.1) is 0 Å². The van der Waals surface area contributed by atoms with Crippen molar-refractivity contribution in [2.45, 2.75) is 6.92 Å². The molecule has 0 aromatic carbocycles. The Hall–Kier alpha value is -1.95. The van der Waals surface area contributed by atoms with Crippen LogP contribution >= 0.6 is 11.3 Å². The fourth-order valence-electron chi connectivity index (χ4n) is 1.18. The third-order valence-corrected chi connectivity index (χ3v) is 2.54. The van der Waals surface area contributed by atoms with Gasteiger partial charge in [-0.15, -0.1) is 11.3 Å². The van der Waals surface area contributed by atoms with Gasteiger partial charge in [-0.05, 0) is 6.07 Å². The van der Waals surface area contributed by atoms with Crippen LogP contribution in [-0.2, 0) is 4.79 Å². The molecule has 0 aliphatic carbocycles.